The molecule has 148 valence electrons. The van der Waals surface area contributed by atoms with Gasteiger partial charge in [-0.2, -0.15) is 13.2 Å². The molecule has 0 spiro atoms. The molecule has 1 amide bonds. The fraction of sp³-hybridized carbons (Fsp3) is 0.300. The van der Waals surface area contributed by atoms with Crippen LogP contribution in [-0.2, 0) is 15.7 Å². The number of rotatable bonds is 3. The van der Waals surface area contributed by atoms with Gasteiger partial charge < -0.3 is 9.64 Å². The zero-order chi connectivity index (χ0) is 20.3. The van der Waals surface area contributed by atoms with Crippen LogP contribution in [0.3, 0.4) is 0 Å². The quantitative estimate of drug-likeness (QED) is 0.685. The van der Waals surface area contributed by atoms with Gasteiger partial charge in [0.2, 0.25) is 0 Å². The Morgan fingerprint density at radius 1 is 1.18 bits per heavy atom. The minimum Gasteiger partial charge on any atom is -0.452 e. The van der Waals surface area contributed by atoms with Crippen molar-refractivity contribution in [3.63, 3.8) is 0 Å². The van der Waals surface area contributed by atoms with Crippen molar-refractivity contribution in [3.05, 3.63) is 59.7 Å². The van der Waals surface area contributed by atoms with Crippen molar-refractivity contribution in [2.24, 2.45) is 0 Å². The Bertz CT molecular complexity index is 885. The number of alkyl halides is 3. The smallest absolute Gasteiger partial charge is 0.416 e. The molecule has 0 fully saturated rings. The largest absolute Gasteiger partial charge is 0.452 e. The van der Waals surface area contributed by atoms with Gasteiger partial charge in [-0.15, -0.1) is 11.8 Å². The summed E-state index contributed by atoms with van der Waals surface area (Å²) < 4.78 is 43.3. The Morgan fingerprint density at radius 3 is 2.68 bits per heavy atom. The van der Waals surface area contributed by atoms with Crippen LogP contribution in [0.2, 0.25) is 0 Å². The Balaban J connectivity index is 1.70. The third kappa shape index (κ3) is 4.67. The maximum atomic E-state index is 12.8. The first-order chi connectivity index (χ1) is 13.3. The van der Waals surface area contributed by atoms with Crippen LogP contribution in [0.25, 0.3) is 0 Å². The molecule has 2 aromatic rings. The van der Waals surface area contributed by atoms with E-state index in [1.165, 1.54) is 6.07 Å². The lowest BCUT2D eigenvalue weighted by atomic mass is 10.1. The summed E-state index contributed by atoms with van der Waals surface area (Å²) in [5, 5.41) is 0.326. The highest BCUT2D eigenvalue weighted by molar-refractivity contribution is 8.00. The van der Waals surface area contributed by atoms with Crippen molar-refractivity contribution in [3.8, 4) is 0 Å². The van der Waals surface area contributed by atoms with E-state index in [2.05, 4.69) is 6.92 Å². The Labute approximate surface area is 164 Å². The van der Waals surface area contributed by atoms with Crippen LogP contribution in [0.4, 0.5) is 18.9 Å². The SMILES string of the molecule is C[C@@H]1CCN(C(=O)COC(=O)c2cccc(C(F)(F)F)c2)c2ccccc2S1. The number of thioether (sulfide) groups is 1. The fourth-order valence-electron chi connectivity index (χ4n) is 2.86. The van der Waals surface area contributed by atoms with Crippen LogP contribution >= 0.6 is 11.8 Å². The molecule has 0 N–H and O–H groups in total. The van der Waals surface area contributed by atoms with Gasteiger partial charge in [0, 0.05) is 16.7 Å². The molecule has 28 heavy (non-hydrogen) atoms. The molecule has 8 heteroatoms. The maximum absolute atomic E-state index is 12.8. The van der Waals surface area contributed by atoms with E-state index in [4.69, 9.17) is 4.74 Å². The number of halogens is 3. The molecule has 4 nitrogen and oxygen atoms in total. The number of esters is 1. The van der Waals surface area contributed by atoms with E-state index < -0.39 is 30.2 Å². The third-order valence-corrected chi connectivity index (χ3v) is 5.53. The molecule has 2 aromatic carbocycles. The maximum Gasteiger partial charge on any atom is 0.416 e. The second-order valence-corrected chi connectivity index (χ2v) is 7.87. The molecule has 0 radical (unpaired) electrons. The first kappa shape index (κ1) is 20.3. The standard InChI is InChI=1S/C20H18F3NO3S/c1-13-9-10-24(16-7-2-3-8-17(16)28-13)18(25)12-27-19(26)14-5-4-6-15(11-14)20(21,22)23/h2-8,11,13H,9-10,12H2,1H3/t13-/m1/s1. The normalized spacial score (nSPS) is 16.9. The molecule has 1 aliphatic heterocycles. The number of amides is 1. The van der Waals surface area contributed by atoms with Crippen molar-refractivity contribution in [1.29, 1.82) is 0 Å². The highest BCUT2D eigenvalue weighted by Crippen LogP contribution is 2.37. The van der Waals surface area contributed by atoms with Gasteiger partial charge in [-0.05, 0) is 36.8 Å². The van der Waals surface area contributed by atoms with E-state index in [9.17, 15) is 22.8 Å². The predicted octanol–water partition coefficient (Wildman–Crippen LogP) is 4.78. The summed E-state index contributed by atoms with van der Waals surface area (Å²) in [4.78, 5) is 27.3. The molecule has 0 bridgehead atoms. The Morgan fingerprint density at radius 2 is 1.93 bits per heavy atom. The van der Waals surface area contributed by atoms with E-state index >= 15 is 0 Å². The fourth-order valence-corrected chi connectivity index (χ4v) is 3.97. The predicted molar refractivity (Wildman–Crippen MR) is 100 cm³/mol. The first-order valence-electron chi connectivity index (χ1n) is 8.66. The summed E-state index contributed by atoms with van der Waals surface area (Å²) in [6.07, 6.45) is -3.79. The number of para-hydroxylation sites is 1. The van der Waals surface area contributed by atoms with Gasteiger partial charge in [0.1, 0.15) is 0 Å². The first-order valence-corrected chi connectivity index (χ1v) is 9.54. The summed E-state index contributed by atoms with van der Waals surface area (Å²) in [5.74, 6) is -1.38. The lowest BCUT2D eigenvalue weighted by Gasteiger charge is -2.22. The van der Waals surface area contributed by atoms with Gasteiger partial charge in [-0.25, -0.2) is 4.79 Å². The van der Waals surface area contributed by atoms with Crippen molar-refractivity contribution in [2.75, 3.05) is 18.1 Å². The average Bonchev–Trinajstić information content (AvgIpc) is 2.83. The van der Waals surface area contributed by atoms with Gasteiger partial charge in [-0.1, -0.05) is 25.1 Å². The zero-order valence-corrected chi connectivity index (χ0v) is 15.8. The number of anilines is 1. The van der Waals surface area contributed by atoms with E-state index in [-0.39, 0.29) is 5.56 Å². The summed E-state index contributed by atoms with van der Waals surface area (Å²) >= 11 is 1.67. The van der Waals surface area contributed by atoms with Crippen LogP contribution in [-0.4, -0.2) is 30.3 Å². The van der Waals surface area contributed by atoms with Crippen LogP contribution in [0, 0.1) is 0 Å². The van der Waals surface area contributed by atoms with Gasteiger partial charge >= 0.3 is 12.1 Å². The molecule has 3 rings (SSSR count). The van der Waals surface area contributed by atoms with Crippen molar-refractivity contribution in [2.45, 2.75) is 29.7 Å². The van der Waals surface area contributed by atoms with Gasteiger partial charge in [0.15, 0.2) is 6.61 Å². The average molecular weight is 409 g/mol. The number of hydrogen-bond acceptors (Lipinski definition) is 4. The highest BCUT2D eigenvalue weighted by Gasteiger charge is 2.31. The zero-order valence-electron chi connectivity index (χ0n) is 15.0. The van der Waals surface area contributed by atoms with Gasteiger partial charge in [-0.3, -0.25) is 4.79 Å². The number of nitrogens with zero attached hydrogens (tertiary/aromatic N) is 1. The van der Waals surface area contributed by atoms with Crippen LogP contribution in [0.15, 0.2) is 53.4 Å². The molecule has 0 unspecified atom stereocenters. The van der Waals surface area contributed by atoms with Crippen molar-refractivity contribution >= 4 is 29.3 Å². The summed E-state index contributed by atoms with van der Waals surface area (Å²) in [5.41, 5.74) is -0.444. The van der Waals surface area contributed by atoms with E-state index in [1.807, 2.05) is 24.3 Å². The van der Waals surface area contributed by atoms with Crippen molar-refractivity contribution < 1.29 is 27.5 Å². The number of carbonyl (C=O) groups excluding carboxylic acids is 2. The molecular formula is C20H18F3NO3S. The number of ether oxygens (including phenoxy) is 1. The molecule has 1 atom stereocenters. The number of carbonyl (C=O) groups is 2. The van der Waals surface area contributed by atoms with Gasteiger partial charge in [0.05, 0.1) is 16.8 Å². The molecule has 1 heterocycles. The molecule has 0 aliphatic carbocycles. The van der Waals surface area contributed by atoms with Crippen LogP contribution in [0.5, 0.6) is 0 Å². The summed E-state index contributed by atoms with van der Waals surface area (Å²) in [7, 11) is 0. The van der Waals surface area contributed by atoms with Crippen LogP contribution < -0.4 is 4.90 Å². The minimum atomic E-state index is -4.56. The summed E-state index contributed by atoms with van der Waals surface area (Å²) in [6, 6.07) is 11.4. The van der Waals surface area contributed by atoms with E-state index in [1.54, 1.807) is 16.7 Å². The Hall–Kier alpha value is -2.48. The van der Waals surface area contributed by atoms with Crippen LogP contribution in [0.1, 0.15) is 29.3 Å². The Kier molecular flexibility index (Phi) is 5.98. The molecule has 1 aliphatic rings. The number of hydrogen-bond donors (Lipinski definition) is 0. The summed E-state index contributed by atoms with van der Waals surface area (Å²) in [6.45, 7) is 2.01. The molecule has 0 aromatic heterocycles. The lowest BCUT2D eigenvalue weighted by molar-refractivity contribution is -0.137. The lowest BCUT2D eigenvalue weighted by Crippen LogP contribution is -2.35. The molecule has 0 saturated heterocycles. The topological polar surface area (TPSA) is 46.6 Å². The second kappa shape index (κ2) is 8.26. The van der Waals surface area contributed by atoms with Gasteiger partial charge in [0.25, 0.3) is 5.91 Å². The minimum absolute atomic E-state index is 0.247. The van der Waals surface area contributed by atoms with Crippen molar-refractivity contribution in [1.82, 2.24) is 0 Å². The number of fused-ring (bicyclic) bond motifs is 1. The second-order valence-electron chi connectivity index (χ2n) is 6.38. The highest BCUT2D eigenvalue weighted by atomic mass is 32.2. The molecular weight excluding hydrogens is 391 g/mol. The monoisotopic (exact) mass is 409 g/mol. The molecule has 0 saturated carbocycles. The third-order valence-electron chi connectivity index (χ3n) is 4.30. The number of benzene rings is 2. The van der Waals surface area contributed by atoms with E-state index in [0.29, 0.717) is 17.9 Å². The van der Waals surface area contributed by atoms with E-state index in [0.717, 1.165) is 29.1 Å².